The Bertz CT molecular complexity index is 1020. The molecule has 0 aliphatic rings. The summed E-state index contributed by atoms with van der Waals surface area (Å²) in [6, 6.07) is 1.67. The molecule has 142 valence electrons. The number of likely N-dealkylation sites (N-methyl/N-ethyl adjacent to an activating group) is 1. The highest BCUT2D eigenvalue weighted by Crippen LogP contribution is 2.22. The molecule has 9 heteroatoms. The minimum atomic E-state index is -0.869. The van der Waals surface area contributed by atoms with Gasteiger partial charge in [-0.1, -0.05) is 0 Å². The van der Waals surface area contributed by atoms with Crippen LogP contribution < -0.4 is 10.7 Å². The number of hydrogen-bond donors (Lipinski definition) is 2. The second-order valence-electron chi connectivity index (χ2n) is 6.40. The molecule has 1 amide bonds. The lowest BCUT2D eigenvalue weighted by Crippen LogP contribution is -2.39. The number of amides is 1. The number of nitrogens with one attached hydrogen (secondary N) is 1. The van der Waals surface area contributed by atoms with Crippen molar-refractivity contribution in [3.63, 3.8) is 0 Å². The van der Waals surface area contributed by atoms with E-state index in [0.29, 0.717) is 10.5 Å². The molecule has 0 saturated heterocycles. The summed E-state index contributed by atoms with van der Waals surface area (Å²) in [7, 11) is 3.57. The van der Waals surface area contributed by atoms with Crippen LogP contribution in [-0.2, 0) is 7.05 Å². The maximum atomic E-state index is 12.6. The minimum Gasteiger partial charge on any atom is -0.384 e. The summed E-state index contributed by atoms with van der Waals surface area (Å²) in [5, 5.41) is 14.8. The average Bonchev–Trinajstić information content (AvgIpc) is 3.06. The first kappa shape index (κ1) is 19.2. The first-order valence-electron chi connectivity index (χ1n) is 8.37. The number of carbonyl (C=O) groups is 1. The lowest BCUT2D eigenvalue weighted by atomic mass is 10.2. The molecule has 0 aromatic carbocycles. The van der Waals surface area contributed by atoms with Gasteiger partial charge in [0.25, 0.3) is 5.91 Å². The summed E-state index contributed by atoms with van der Waals surface area (Å²) < 4.78 is 2.38. The van der Waals surface area contributed by atoms with Gasteiger partial charge in [-0.3, -0.25) is 14.5 Å². The van der Waals surface area contributed by atoms with E-state index in [4.69, 9.17) is 0 Å². The number of aromatic nitrogens is 3. The zero-order valence-electron chi connectivity index (χ0n) is 15.3. The number of rotatable bonds is 6. The first-order valence-corrected chi connectivity index (χ1v) is 9.25. The van der Waals surface area contributed by atoms with Gasteiger partial charge in [-0.25, -0.2) is 9.97 Å². The molecular weight excluding hydrogens is 366 g/mol. The SMILES string of the molecule is Cc1csc2c(=O)c(C(=O)NCN(C)C[C@@H](O)c3ncccn3)cn(C)c12. The molecule has 1 atom stereocenters. The standard InChI is InChI=1S/C18H21N5O3S/c1-11-9-27-16-14(11)23(3)7-12(15(16)25)18(26)21-10-22(2)8-13(24)17-19-5-4-6-20-17/h4-7,9,13,24H,8,10H2,1-3H3,(H,21,26)/t13-/m1/s1. The Balaban J connectivity index is 1.66. The van der Waals surface area contributed by atoms with Gasteiger partial charge in [-0.15, -0.1) is 11.3 Å². The van der Waals surface area contributed by atoms with Gasteiger partial charge in [0, 0.05) is 32.2 Å². The van der Waals surface area contributed by atoms with Crippen molar-refractivity contribution in [1.82, 2.24) is 24.8 Å². The molecule has 0 aliphatic carbocycles. The van der Waals surface area contributed by atoms with Gasteiger partial charge >= 0.3 is 0 Å². The third kappa shape index (κ3) is 4.05. The van der Waals surface area contributed by atoms with E-state index in [0.717, 1.165) is 11.1 Å². The van der Waals surface area contributed by atoms with Crippen LogP contribution in [0.3, 0.4) is 0 Å². The Hall–Kier alpha value is -2.62. The van der Waals surface area contributed by atoms with Gasteiger partial charge < -0.3 is 15.0 Å². The van der Waals surface area contributed by atoms with E-state index in [1.165, 1.54) is 11.3 Å². The predicted octanol–water partition coefficient (Wildman–Crippen LogP) is 1.05. The Labute approximate surface area is 160 Å². The van der Waals surface area contributed by atoms with Gasteiger partial charge in [0.05, 0.1) is 16.9 Å². The minimum absolute atomic E-state index is 0.104. The monoisotopic (exact) mass is 387 g/mol. The zero-order chi connectivity index (χ0) is 19.6. The second-order valence-corrected chi connectivity index (χ2v) is 7.28. The molecule has 3 aromatic heterocycles. The molecule has 27 heavy (non-hydrogen) atoms. The smallest absolute Gasteiger partial charge is 0.257 e. The van der Waals surface area contributed by atoms with Crippen molar-refractivity contribution in [3.8, 4) is 0 Å². The molecule has 0 fully saturated rings. The first-order chi connectivity index (χ1) is 12.9. The van der Waals surface area contributed by atoms with Gasteiger partial charge in [0.2, 0.25) is 5.43 Å². The van der Waals surface area contributed by atoms with E-state index in [1.54, 1.807) is 41.2 Å². The molecule has 0 spiro atoms. The van der Waals surface area contributed by atoms with E-state index < -0.39 is 12.0 Å². The number of aryl methyl sites for hydroxylation is 2. The lowest BCUT2D eigenvalue weighted by molar-refractivity contribution is 0.0877. The number of aliphatic hydroxyl groups is 1. The maximum absolute atomic E-state index is 12.6. The molecule has 3 rings (SSSR count). The molecule has 8 nitrogen and oxygen atoms in total. The fourth-order valence-corrected chi connectivity index (χ4v) is 3.90. The Morgan fingerprint density at radius 3 is 2.81 bits per heavy atom. The van der Waals surface area contributed by atoms with Crippen LogP contribution in [0.15, 0.2) is 34.8 Å². The van der Waals surface area contributed by atoms with Crippen LogP contribution in [0.4, 0.5) is 0 Å². The number of thiophene rings is 1. The summed E-state index contributed by atoms with van der Waals surface area (Å²) in [5.41, 5.74) is 1.70. The van der Waals surface area contributed by atoms with Crippen molar-refractivity contribution in [2.24, 2.45) is 7.05 Å². The normalized spacial score (nSPS) is 12.5. The van der Waals surface area contributed by atoms with E-state index in [1.807, 2.05) is 19.4 Å². The van der Waals surface area contributed by atoms with Crippen LogP contribution in [-0.4, -0.2) is 50.7 Å². The quantitative estimate of drug-likeness (QED) is 0.613. The number of fused-ring (bicyclic) bond motifs is 1. The summed E-state index contributed by atoms with van der Waals surface area (Å²) >= 11 is 1.35. The predicted molar refractivity (Wildman–Crippen MR) is 104 cm³/mol. The van der Waals surface area contributed by atoms with Crippen LogP contribution in [0.5, 0.6) is 0 Å². The molecule has 0 saturated carbocycles. The number of carbonyl (C=O) groups excluding carboxylic acids is 1. The molecule has 3 heterocycles. The number of aliphatic hydroxyl groups excluding tert-OH is 1. The van der Waals surface area contributed by atoms with Crippen LogP contribution in [0, 0.1) is 6.92 Å². The number of nitrogens with zero attached hydrogens (tertiary/aromatic N) is 4. The van der Waals surface area contributed by atoms with Crippen molar-refractivity contribution < 1.29 is 9.90 Å². The van der Waals surface area contributed by atoms with Crippen LogP contribution in [0.2, 0.25) is 0 Å². The third-order valence-corrected chi connectivity index (χ3v) is 5.28. The van der Waals surface area contributed by atoms with Crippen molar-refractivity contribution in [3.05, 3.63) is 57.2 Å². The van der Waals surface area contributed by atoms with E-state index >= 15 is 0 Å². The molecule has 2 N–H and O–H groups in total. The fourth-order valence-electron chi connectivity index (χ4n) is 2.86. The lowest BCUT2D eigenvalue weighted by Gasteiger charge is -2.20. The van der Waals surface area contributed by atoms with E-state index in [-0.39, 0.29) is 24.2 Å². The van der Waals surface area contributed by atoms with Crippen LogP contribution >= 0.6 is 11.3 Å². The van der Waals surface area contributed by atoms with Crippen molar-refractivity contribution in [2.75, 3.05) is 20.3 Å². The van der Waals surface area contributed by atoms with Crippen molar-refractivity contribution in [1.29, 1.82) is 0 Å². The Kier molecular flexibility index (Phi) is 5.64. The number of pyridine rings is 1. The van der Waals surface area contributed by atoms with Crippen LogP contribution in [0.25, 0.3) is 10.2 Å². The van der Waals surface area contributed by atoms with Gasteiger partial charge in [-0.2, -0.15) is 0 Å². The molecule has 0 bridgehead atoms. The molecule has 0 unspecified atom stereocenters. The second kappa shape index (κ2) is 7.95. The van der Waals surface area contributed by atoms with Gasteiger partial charge in [-0.05, 0) is 31.0 Å². The summed E-state index contributed by atoms with van der Waals surface area (Å²) in [6.45, 7) is 2.35. The summed E-state index contributed by atoms with van der Waals surface area (Å²) in [4.78, 5) is 34.8. The average molecular weight is 387 g/mol. The van der Waals surface area contributed by atoms with Crippen molar-refractivity contribution in [2.45, 2.75) is 13.0 Å². The summed E-state index contributed by atoms with van der Waals surface area (Å²) in [6.07, 6.45) is 3.81. The highest BCUT2D eigenvalue weighted by atomic mass is 32.1. The Morgan fingerprint density at radius 1 is 1.41 bits per heavy atom. The van der Waals surface area contributed by atoms with Crippen LogP contribution in [0.1, 0.15) is 27.8 Å². The van der Waals surface area contributed by atoms with Gasteiger partial charge in [0.15, 0.2) is 5.82 Å². The molecular formula is C18H21N5O3S. The van der Waals surface area contributed by atoms with E-state index in [2.05, 4.69) is 15.3 Å². The topological polar surface area (TPSA) is 100 Å². The molecule has 0 aliphatic heterocycles. The number of hydrogen-bond acceptors (Lipinski definition) is 7. The Morgan fingerprint density at radius 2 is 2.11 bits per heavy atom. The van der Waals surface area contributed by atoms with Gasteiger partial charge in [0.1, 0.15) is 11.7 Å². The molecule has 3 aromatic rings. The van der Waals surface area contributed by atoms with Crippen molar-refractivity contribution >= 4 is 27.5 Å². The molecule has 0 radical (unpaired) electrons. The fraction of sp³-hybridized carbons (Fsp3) is 0.333. The third-order valence-electron chi connectivity index (χ3n) is 4.19. The summed E-state index contributed by atoms with van der Waals surface area (Å²) in [5.74, 6) is -0.121. The largest absolute Gasteiger partial charge is 0.384 e. The maximum Gasteiger partial charge on any atom is 0.257 e. The highest BCUT2D eigenvalue weighted by molar-refractivity contribution is 7.17. The zero-order valence-corrected chi connectivity index (χ0v) is 16.2. The highest BCUT2D eigenvalue weighted by Gasteiger charge is 2.18. The van der Waals surface area contributed by atoms with E-state index in [9.17, 15) is 14.7 Å².